The molecular formula is C13H15ClN2O4. The van der Waals surface area contributed by atoms with Gasteiger partial charge in [0.1, 0.15) is 0 Å². The number of nitro benzene ring substituents is 1. The van der Waals surface area contributed by atoms with Crippen molar-refractivity contribution in [2.45, 2.75) is 18.6 Å². The van der Waals surface area contributed by atoms with Gasteiger partial charge in [0.15, 0.2) is 5.79 Å². The van der Waals surface area contributed by atoms with E-state index in [1.54, 1.807) is 6.07 Å². The largest absolute Gasteiger partial charge is 0.365 e. The Balaban J connectivity index is 1.83. The number of non-ortho nitro benzene ring substituents is 1. The van der Waals surface area contributed by atoms with Crippen LogP contribution in [-0.2, 0) is 9.47 Å². The van der Waals surface area contributed by atoms with Crippen LogP contribution >= 0.6 is 11.6 Å². The molecule has 2 fully saturated rings. The summed E-state index contributed by atoms with van der Waals surface area (Å²) in [5, 5.41) is 11.1. The van der Waals surface area contributed by atoms with Crippen LogP contribution < -0.4 is 4.90 Å². The Morgan fingerprint density at radius 1 is 1.35 bits per heavy atom. The predicted octanol–water partition coefficient (Wildman–Crippen LogP) is 2.59. The number of nitro groups is 1. The fourth-order valence-electron chi connectivity index (χ4n) is 2.79. The average molecular weight is 299 g/mol. The zero-order chi connectivity index (χ0) is 14.2. The van der Waals surface area contributed by atoms with Gasteiger partial charge >= 0.3 is 0 Å². The van der Waals surface area contributed by atoms with Gasteiger partial charge in [0.05, 0.1) is 35.4 Å². The molecule has 6 nitrogen and oxygen atoms in total. The van der Waals surface area contributed by atoms with Crippen molar-refractivity contribution in [1.82, 2.24) is 0 Å². The number of anilines is 1. The van der Waals surface area contributed by atoms with Crippen molar-refractivity contribution in [3.63, 3.8) is 0 Å². The third-order valence-electron chi connectivity index (χ3n) is 3.71. The maximum Gasteiger partial charge on any atom is 0.271 e. The smallest absolute Gasteiger partial charge is 0.271 e. The second-order valence-corrected chi connectivity index (χ2v) is 5.43. The van der Waals surface area contributed by atoms with E-state index in [0.29, 0.717) is 24.8 Å². The molecule has 0 saturated carbocycles. The highest BCUT2D eigenvalue weighted by atomic mass is 35.5. The van der Waals surface area contributed by atoms with Gasteiger partial charge in [0.2, 0.25) is 0 Å². The number of hydrogen-bond donors (Lipinski definition) is 0. The highest BCUT2D eigenvalue weighted by Gasteiger charge is 2.41. The number of nitrogens with zero attached hydrogens (tertiary/aromatic N) is 2. The van der Waals surface area contributed by atoms with E-state index in [2.05, 4.69) is 4.90 Å². The van der Waals surface area contributed by atoms with Gasteiger partial charge in [0, 0.05) is 25.1 Å². The van der Waals surface area contributed by atoms with Crippen LogP contribution in [0.3, 0.4) is 0 Å². The molecule has 0 unspecified atom stereocenters. The first-order chi connectivity index (χ1) is 9.60. The first-order valence-corrected chi connectivity index (χ1v) is 6.94. The quantitative estimate of drug-likeness (QED) is 0.620. The highest BCUT2D eigenvalue weighted by Crippen LogP contribution is 2.36. The van der Waals surface area contributed by atoms with E-state index in [-0.39, 0.29) is 5.69 Å². The summed E-state index contributed by atoms with van der Waals surface area (Å²) >= 11 is 6.17. The molecule has 0 radical (unpaired) electrons. The molecule has 0 bridgehead atoms. The minimum atomic E-state index is -0.538. The molecule has 1 spiro atoms. The second-order valence-electron chi connectivity index (χ2n) is 5.03. The second kappa shape index (κ2) is 5.20. The lowest BCUT2D eigenvalue weighted by molar-refractivity contribution is -0.384. The molecule has 2 aliphatic heterocycles. The van der Waals surface area contributed by atoms with Gasteiger partial charge in [-0.2, -0.15) is 0 Å². The standard InChI is InChI=1S/C13H15ClN2O4/c14-11-8-10(16(17)18)2-3-12(11)15-5-1-4-13(9-15)19-6-7-20-13/h2-3,8H,1,4-7,9H2. The lowest BCUT2D eigenvalue weighted by Gasteiger charge is -2.40. The molecule has 1 aromatic rings. The van der Waals surface area contributed by atoms with Crippen LogP contribution in [0.4, 0.5) is 11.4 Å². The number of benzene rings is 1. The van der Waals surface area contributed by atoms with E-state index in [9.17, 15) is 10.1 Å². The van der Waals surface area contributed by atoms with Crippen LogP contribution in [0.2, 0.25) is 5.02 Å². The van der Waals surface area contributed by atoms with Gasteiger partial charge in [-0.05, 0) is 12.5 Å². The number of halogens is 1. The van der Waals surface area contributed by atoms with Gasteiger partial charge in [-0.25, -0.2) is 0 Å². The minimum Gasteiger partial charge on any atom is -0.365 e. The average Bonchev–Trinajstić information content (AvgIpc) is 2.86. The maximum atomic E-state index is 10.7. The lowest BCUT2D eigenvalue weighted by atomic mass is 10.0. The molecule has 108 valence electrons. The molecule has 0 amide bonds. The van der Waals surface area contributed by atoms with Crippen molar-refractivity contribution in [3.05, 3.63) is 33.3 Å². The Hall–Kier alpha value is -1.37. The molecule has 0 N–H and O–H groups in total. The molecule has 2 saturated heterocycles. The Bertz CT molecular complexity index is 531. The SMILES string of the molecule is O=[N+]([O-])c1ccc(N2CCCC3(C2)OCCO3)c(Cl)c1. The Morgan fingerprint density at radius 2 is 2.10 bits per heavy atom. The van der Waals surface area contributed by atoms with Crippen LogP contribution in [0.25, 0.3) is 0 Å². The van der Waals surface area contributed by atoms with Crippen LogP contribution in [0.5, 0.6) is 0 Å². The van der Waals surface area contributed by atoms with Gasteiger partial charge in [-0.1, -0.05) is 11.6 Å². The number of hydrogen-bond acceptors (Lipinski definition) is 5. The summed E-state index contributed by atoms with van der Waals surface area (Å²) in [6, 6.07) is 4.54. The summed E-state index contributed by atoms with van der Waals surface area (Å²) in [6.45, 7) is 2.67. The van der Waals surface area contributed by atoms with E-state index in [4.69, 9.17) is 21.1 Å². The van der Waals surface area contributed by atoms with Crippen molar-refractivity contribution in [1.29, 1.82) is 0 Å². The molecule has 20 heavy (non-hydrogen) atoms. The predicted molar refractivity (Wildman–Crippen MR) is 74.2 cm³/mol. The number of rotatable bonds is 2. The van der Waals surface area contributed by atoms with Crippen LogP contribution in [0.1, 0.15) is 12.8 Å². The highest BCUT2D eigenvalue weighted by molar-refractivity contribution is 6.33. The van der Waals surface area contributed by atoms with Crippen molar-refractivity contribution in [2.75, 3.05) is 31.2 Å². The monoisotopic (exact) mass is 298 g/mol. The van der Waals surface area contributed by atoms with Gasteiger partial charge in [-0.15, -0.1) is 0 Å². The zero-order valence-corrected chi connectivity index (χ0v) is 11.6. The Kier molecular flexibility index (Phi) is 3.54. The van der Waals surface area contributed by atoms with Crippen molar-refractivity contribution in [2.24, 2.45) is 0 Å². The first-order valence-electron chi connectivity index (χ1n) is 6.56. The van der Waals surface area contributed by atoms with E-state index in [1.807, 2.05) is 0 Å². The van der Waals surface area contributed by atoms with E-state index in [0.717, 1.165) is 25.1 Å². The Morgan fingerprint density at radius 3 is 2.75 bits per heavy atom. The fraction of sp³-hybridized carbons (Fsp3) is 0.538. The molecule has 2 heterocycles. The van der Waals surface area contributed by atoms with Crippen molar-refractivity contribution >= 4 is 23.0 Å². The summed E-state index contributed by atoms with van der Waals surface area (Å²) in [6.07, 6.45) is 1.81. The lowest BCUT2D eigenvalue weighted by Crippen LogP contribution is -2.49. The van der Waals surface area contributed by atoms with Crippen molar-refractivity contribution < 1.29 is 14.4 Å². The number of piperidine rings is 1. The molecular weight excluding hydrogens is 284 g/mol. The van der Waals surface area contributed by atoms with Crippen LogP contribution in [-0.4, -0.2) is 37.0 Å². The van der Waals surface area contributed by atoms with E-state index >= 15 is 0 Å². The molecule has 2 aliphatic rings. The molecule has 0 aliphatic carbocycles. The molecule has 7 heteroatoms. The minimum absolute atomic E-state index is 0.00107. The topological polar surface area (TPSA) is 64.8 Å². The van der Waals surface area contributed by atoms with E-state index < -0.39 is 10.7 Å². The molecule has 3 rings (SSSR count). The van der Waals surface area contributed by atoms with Crippen LogP contribution in [0, 0.1) is 10.1 Å². The third-order valence-corrected chi connectivity index (χ3v) is 4.02. The van der Waals surface area contributed by atoms with E-state index in [1.165, 1.54) is 12.1 Å². The Labute approximate surface area is 121 Å². The van der Waals surface area contributed by atoms with Gasteiger partial charge in [0.25, 0.3) is 5.69 Å². The fourth-order valence-corrected chi connectivity index (χ4v) is 3.09. The summed E-state index contributed by atoms with van der Waals surface area (Å²) < 4.78 is 11.4. The summed E-state index contributed by atoms with van der Waals surface area (Å²) in [4.78, 5) is 12.4. The van der Waals surface area contributed by atoms with Crippen molar-refractivity contribution in [3.8, 4) is 0 Å². The zero-order valence-electron chi connectivity index (χ0n) is 10.9. The normalized spacial score (nSPS) is 21.4. The first kappa shape index (κ1) is 13.6. The molecule has 0 atom stereocenters. The third kappa shape index (κ3) is 2.46. The van der Waals surface area contributed by atoms with Gasteiger partial charge < -0.3 is 14.4 Å². The summed E-state index contributed by atoms with van der Waals surface area (Å²) in [5.74, 6) is -0.538. The van der Waals surface area contributed by atoms with Crippen LogP contribution in [0.15, 0.2) is 18.2 Å². The summed E-state index contributed by atoms with van der Waals surface area (Å²) in [7, 11) is 0. The molecule has 1 aromatic carbocycles. The van der Waals surface area contributed by atoms with Gasteiger partial charge in [-0.3, -0.25) is 10.1 Å². The molecule has 0 aromatic heterocycles. The number of ether oxygens (including phenoxy) is 2. The summed E-state index contributed by atoms with van der Waals surface area (Å²) in [5.41, 5.74) is 0.786. The maximum absolute atomic E-state index is 10.7.